The summed E-state index contributed by atoms with van der Waals surface area (Å²) in [6.45, 7) is 1.14. The normalized spacial score (nSPS) is 11.0. The van der Waals surface area contributed by atoms with Gasteiger partial charge in [-0.2, -0.15) is 0 Å². The molecule has 0 atom stereocenters. The molecular formula is C21H20Cl2N6O4. The van der Waals surface area contributed by atoms with E-state index in [0.717, 1.165) is 25.8 Å². The maximum atomic E-state index is 12.3. The van der Waals surface area contributed by atoms with Crippen molar-refractivity contribution in [1.82, 2.24) is 25.2 Å². The van der Waals surface area contributed by atoms with E-state index >= 15 is 0 Å². The van der Waals surface area contributed by atoms with Crippen molar-refractivity contribution in [2.45, 2.75) is 25.8 Å². The number of aromatic nitrogens is 5. The Morgan fingerprint density at radius 3 is 2.70 bits per heavy atom. The van der Waals surface area contributed by atoms with Crippen molar-refractivity contribution in [3.05, 3.63) is 57.4 Å². The highest BCUT2D eigenvalue weighted by Crippen LogP contribution is 2.40. The zero-order valence-electron chi connectivity index (χ0n) is 17.6. The molecule has 3 aromatic heterocycles. The monoisotopic (exact) mass is 490 g/mol. The van der Waals surface area contributed by atoms with Crippen LogP contribution >= 0.6 is 23.2 Å². The molecule has 0 saturated carbocycles. The zero-order valence-corrected chi connectivity index (χ0v) is 19.1. The molecule has 0 aliphatic rings. The second kappa shape index (κ2) is 10.5. The van der Waals surface area contributed by atoms with Gasteiger partial charge in [0, 0.05) is 30.4 Å². The van der Waals surface area contributed by atoms with E-state index < -0.39 is 5.63 Å². The molecule has 0 bridgehead atoms. The largest absolute Gasteiger partial charge is 0.493 e. The zero-order chi connectivity index (χ0) is 23.2. The van der Waals surface area contributed by atoms with E-state index in [0.29, 0.717) is 44.9 Å². The van der Waals surface area contributed by atoms with Crippen LogP contribution in [-0.4, -0.2) is 38.9 Å². The standard InChI is InChI=1S/C21H20Cl2N6O4/c1-31-17-6-5-13-16(26-19-14(22)10-24-11-15(19)23)9-18(30)33-20(13)21(17)32-8-4-2-3-7-29-12-25-27-28-29/h5-6,9-12H,2-4,7-8H2,1H3,(H,24,26). The second-order valence-corrected chi connectivity index (χ2v) is 7.85. The van der Waals surface area contributed by atoms with Gasteiger partial charge in [0.25, 0.3) is 0 Å². The van der Waals surface area contributed by atoms with Crippen LogP contribution in [0.15, 0.2) is 46.1 Å². The maximum Gasteiger partial charge on any atom is 0.338 e. The fourth-order valence-corrected chi connectivity index (χ4v) is 3.72. The molecule has 4 rings (SSSR count). The molecule has 3 heterocycles. The van der Waals surface area contributed by atoms with Gasteiger partial charge in [-0.3, -0.25) is 4.98 Å². The Kier molecular flexibility index (Phi) is 7.26. The summed E-state index contributed by atoms with van der Waals surface area (Å²) < 4.78 is 18.6. The molecule has 10 nitrogen and oxygen atoms in total. The summed E-state index contributed by atoms with van der Waals surface area (Å²) in [5.74, 6) is 0.805. The Bertz CT molecular complexity index is 1280. The summed E-state index contributed by atoms with van der Waals surface area (Å²) in [6.07, 6.45) is 7.09. The fourth-order valence-electron chi connectivity index (χ4n) is 3.26. The topological polar surface area (TPSA) is 117 Å². The van der Waals surface area contributed by atoms with E-state index in [9.17, 15) is 4.79 Å². The molecule has 0 spiro atoms. The van der Waals surface area contributed by atoms with Crippen molar-refractivity contribution < 1.29 is 13.9 Å². The van der Waals surface area contributed by atoms with Crippen LogP contribution in [0.4, 0.5) is 11.4 Å². The molecule has 1 aromatic carbocycles. The first-order chi connectivity index (χ1) is 16.1. The number of rotatable bonds is 10. The molecule has 12 heteroatoms. The van der Waals surface area contributed by atoms with E-state index in [2.05, 4.69) is 25.8 Å². The number of tetrazole rings is 1. The van der Waals surface area contributed by atoms with Crippen LogP contribution in [0.2, 0.25) is 10.0 Å². The van der Waals surface area contributed by atoms with Crippen LogP contribution in [0, 0.1) is 0 Å². The molecule has 0 aliphatic heterocycles. The molecule has 0 radical (unpaired) electrons. The Morgan fingerprint density at radius 2 is 1.97 bits per heavy atom. The Hall–Kier alpha value is -3.37. The van der Waals surface area contributed by atoms with Crippen LogP contribution in [-0.2, 0) is 6.54 Å². The number of anilines is 2. The van der Waals surface area contributed by atoms with Gasteiger partial charge < -0.3 is 19.2 Å². The van der Waals surface area contributed by atoms with E-state index in [1.54, 1.807) is 23.1 Å². The van der Waals surface area contributed by atoms with Crippen LogP contribution in [0.1, 0.15) is 19.3 Å². The van der Waals surface area contributed by atoms with Crippen molar-refractivity contribution in [2.24, 2.45) is 0 Å². The number of benzene rings is 1. The Balaban J connectivity index is 1.55. The van der Waals surface area contributed by atoms with Gasteiger partial charge in [-0.05, 0) is 41.8 Å². The average molecular weight is 491 g/mol. The number of pyridine rings is 1. The van der Waals surface area contributed by atoms with Gasteiger partial charge in [-0.1, -0.05) is 23.2 Å². The van der Waals surface area contributed by atoms with Crippen molar-refractivity contribution in [1.29, 1.82) is 0 Å². The number of halogens is 2. The number of nitrogens with zero attached hydrogens (tertiary/aromatic N) is 5. The minimum atomic E-state index is -0.564. The fraction of sp³-hybridized carbons (Fsp3) is 0.286. The highest BCUT2D eigenvalue weighted by atomic mass is 35.5. The number of fused-ring (bicyclic) bond motifs is 1. The van der Waals surface area contributed by atoms with Crippen molar-refractivity contribution in [3.8, 4) is 11.5 Å². The SMILES string of the molecule is COc1ccc2c(Nc3c(Cl)cncc3Cl)cc(=O)oc2c1OCCCCCn1cnnn1. The molecule has 4 aromatic rings. The summed E-state index contributed by atoms with van der Waals surface area (Å²) in [6, 6.07) is 4.84. The van der Waals surface area contributed by atoms with Gasteiger partial charge in [0.05, 0.1) is 35.1 Å². The highest BCUT2D eigenvalue weighted by molar-refractivity contribution is 6.39. The van der Waals surface area contributed by atoms with Gasteiger partial charge >= 0.3 is 5.63 Å². The Labute approximate surface area is 198 Å². The first-order valence-corrected chi connectivity index (χ1v) is 10.9. The van der Waals surface area contributed by atoms with Gasteiger partial charge in [0.15, 0.2) is 11.3 Å². The average Bonchev–Trinajstić information content (AvgIpc) is 3.32. The molecule has 0 fully saturated rings. The first kappa shape index (κ1) is 22.8. The number of unbranched alkanes of at least 4 members (excludes halogenated alkanes) is 2. The van der Waals surface area contributed by atoms with Gasteiger partial charge in [0.1, 0.15) is 6.33 Å². The van der Waals surface area contributed by atoms with Gasteiger partial charge in [-0.15, -0.1) is 5.10 Å². The number of methoxy groups -OCH3 is 1. The van der Waals surface area contributed by atoms with Crippen molar-refractivity contribution in [2.75, 3.05) is 19.0 Å². The number of hydrogen-bond acceptors (Lipinski definition) is 9. The summed E-state index contributed by atoms with van der Waals surface area (Å²) in [7, 11) is 1.52. The number of ether oxygens (including phenoxy) is 2. The lowest BCUT2D eigenvalue weighted by Gasteiger charge is -2.15. The van der Waals surface area contributed by atoms with Crippen LogP contribution in [0.3, 0.4) is 0 Å². The Morgan fingerprint density at radius 1 is 1.15 bits per heavy atom. The van der Waals surface area contributed by atoms with Crippen molar-refractivity contribution in [3.63, 3.8) is 0 Å². The molecule has 0 amide bonds. The van der Waals surface area contributed by atoms with E-state index in [1.165, 1.54) is 25.6 Å². The number of nitrogens with one attached hydrogen (secondary N) is 1. The van der Waals surface area contributed by atoms with Gasteiger partial charge in [-0.25, -0.2) is 9.48 Å². The molecular weight excluding hydrogens is 471 g/mol. The minimum Gasteiger partial charge on any atom is -0.493 e. The lowest BCUT2D eigenvalue weighted by Crippen LogP contribution is -2.06. The lowest BCUT2D eigenvalue weighted by atomic mass is 10.1. The maximum absolute atomic E-state index is 12.3. The predicted molar refractivity (Wildman–Crippen MR) is 124 cm³/mol. The van der Waals surface area contributed by atoms with Crippen LogP contribution in [0.25, 0.3) is 11.0 Å². The smallest absolute Gasteiger partial charge is 0.338 e. The summed E-state index contributed by atoms with van der Waals surface area (Å²) >= 11 is 12.4. The summed E-state index contributed by atoms with van der Waals surface area (Å²) in [4.78, 5) is 16.3. The third kappa shape index (κ3) is 5.35. The molecule has 1 N–H and O–H groups in total. The first-order valence-electron chi connectivity index (χ1n) is 10.1. The highest BCUT2D eigenvalue weighted by Gasteiger charge is 2.17. The lowest BCUT2D eigenvalue weighted by molar-refractivity contribution is 0.282. The third-order valence-corrected chi connectivity index (χ3v) is 5.41. The number of hydrogen-bond donors (Lipinski definition) is 1. The second-order valence-electron chi connectivity index (χ2n) is 7.04. The number of aryl methyl sites for hydroxylation is 1. The van der Waals surface area contributed by atoms with Gasteiger partial charge in [0.2, 0.25) is 5.75 Å². The van der Waals surface area contributed by atoms with Crippen LogP contribution in [0.5, 0.6) is 11.5 Å². The van der Waals surface area contributed by atoms with Crippen molar-refractivity contribution >= 4 is 45.5 Å². The summed E-state index contributed by atoms with van der Waals surface area (Å²) in [5, 5.41) is 15.4. The summed E-state index contributed by atoms with van der Waals surface area (Å²) in [5.41, 5.74) is 0.594. The molecule has 0 unspecified atom stereocenters. The van der Waals surface area contributed by atoms with E-state index in [-0.39, 0.29) is 5.58 Å². The van der Waals surface area contributed by atoms with E-state index in [1.807, 2.05) is 0 Å². The third-order valence-electron chi connectivity index (χ3n) is 4.83. The predicted octanol–water partition coefficient (Wildman–Crippen LogP) is 4.48. The molecule has 33 heavy (non-hydrogen) atoms. The molecule has 0 aliphatic carbocycles. The quantitative estimate of drug-likeness (QED) is 0.253. The molecule has 172 valence electrons. The van der Waals surface area contributed by atoms with Crippen LogP contribution < -0.4 is 20.4 Å². The minimum absolute atomic E-state index is 0.263. The van der Waals surface area contributed by atoms with E-state index in [4.69, 9.17) is 37.1 Å². The molecule has 0 saturated heterocycles.